The van der Waals surface area contributed by atoms with Crippen molar-refractivity contribution >= 4 is 6.09 Å². The smallest absolute Gasteiger partial charge is 0.410 e. The SMILES string of the molecule is CC.CC(C)(C)OC(=O)N(CCCC(O)c1ccccc1)Cc1ccccc1. The molecule has 4 heteroatoms. The van der Waals surface area contributed by atoms with Gasteiger partial charge in [0.25, 0.3) is 0 Å². The van der Waals surface area contributed by atoms with Crippen LogP contribution in [-0.4, -0.2) is 28.2 Å². The van der Waals surface area contributed by atoms with Gasteiger partial charge in [-0.2, -0.15) is 0 Å². The number of benzene rings is 2. The Morgan fingerprint density at radius 1 is 1.00 bits per heavy atom. The number of carbonyl (C=O) groups is 1. The minimum absolute atomic E-state index is 0.324. The Morgan fingerprint density at radius 3 is 2.07 bits per heavy atom. The first-order valence-corrected chi connectivity index (χ1v) is 10.1. The maximum atomic E-state index is 12.6. The lowest BCUT2D eigenvalue weighted by atomic mass is 10.0. The first-order valence-electron chi connectivity index (χ1n) is 10.1. The molecular formula is C24H35NO3. The quantitative estimate of drug-likeness (QED) is 0.639. The number of nitrogens with zero attached hydrogens (tertiary/aromatic N) is 1. The van der Waals surface area contributed by atoms with Crippen molar-refractivity contribution in [1.82, 2.24) is 4.90 Å². The van der Waals surface area contributed by atoms with E-state index in [0.717, 1.165) is 11.1 Å². The Bertz CT molecular complexity index is 665. The van der Waals surface area contributed by atoms with Crippen LogP contribution in [0.15, 0.2) is 60.7 Å². The molecular weight excluding hydrogens is 350 g/mol. The lowest BCUT2D eigenvalue weighted by molar-refractivity contribution is 0.0222. The number of hydrogen-bond acceptors (Lipinski definition) is 3. The molecule has 4 nitrogen and oxygen atoms in total. The molecule has 154 valence electrons. The third-order valence-corrected chi connectivity index (χ3v) is 3.96. The maximum Gasteiger partial charge on any atom is 0.410 e. The van der Waals surface area contributed by atoms with E-state index in [-0.39, 0.29) is 6.09 Å². The number of amides is 1. The number of carbonyl (C=O) groups excluding carboxylic acids is 1. The zero-order chi connectivity index (χ0) is 21.0. The van der Waals surface area contributed by atoms with Crippen LogP contribution < -0.4 is 0 Å². The van der Waals surface area contributed by atoms with Crippen LogP contribution >= 0.6 is 0 Å². The predicted molar refractivity (Wildman–Crippen MR) is 115 cm³/mol. The summed E-state index contributed by atoms with van der Waals surface area (Å²) in [5, 5.41) is 10.3. The second-order valence-corrected chi connectivity index (χ2v) is 7.46. The van der Waals surface area contributed by atoms with E-state index in [0.29, 0.717) is 25.9 Å². The highest BCUT2D eigenvalue weighted by Gasteiger charge is 2.22. The van der Waals surface area contributed by atoms with E-state index >= 15 is 0 Å². The molecule has 0 saturated carbocycles. The van der Waals surface area contributed by atoms with Crippen LogP contribution in [-0.2, 0) is 11.3 Å². The van der Waals surface area contributed by atoms with E-state index in [1.165, 1.54) is 0 Å². The summed E-state index contributed by atoms with van der Waals surface area (Å²) >= 11 is 0. The molecule has 2 aromatic carbocycles. The van der Waals surface area contributed by atoms with Crippen LogP contribution in [0.3, 0.4) is 0 Å². The molecule has 0 fully saturated rings. The van der Waals surface area contributed by atoms with Gasteiger partial charge in [0, 0.05) is 13.1 Å². The average Bonchev–Trinajstić information content (AvgIpc) is 2.69. The van der Waals surface area contributed by atoms with Crippen molar-refractivity contribution in [3.05, 3.63) is 71.8 Å². The molecule has 2 aromatic rings. The Labute approximate surface area is 170 Å². The Balaban J connectivity index is 0.00000190. The van der Waals surface area contributed by atoms with Crippen LogP contribution in [0.25, 0.3) is 0 Å². The van der Waals surface area contributed by atoms with Crippen LogP contribution in [0, 0.1) is 0 Å². The van der Waals surface area contributed by atoms with E-state index < -0.39 is 11.7 Å². The molecule has 0 spiro atoms. The molecule has 0 bridgehead atoms. The van der Waals surface area contributed by atoms with Crippen molar-refractivity contribution in [3.63, 3.8) is 0 Å². The van der Waals surface area contributed by atoms with Crippen molar-refractivity contribution in [2.45, 2.75) is 65.7 Å². The van der Waals surface area contributed by atoms with Gasteiger partial charge >= 0.3 is 6.09 Å². The molecule has 28 heavy (non-hydrogen) atoms. The first-order chi connectivity index (χ1) is 13.3. The zero-order valence-electron chi connectivity index (χ0n) is 17.9. The Hall–Kier alpha value is -2.33. The summed E-state index contributed by atoms with van der Waals surface area (Å²) in [6.45, 7) is 10.6. The van der Waals surface area contributed by atoms with E-state index in [4.69, 9.17) is 4.74 Å². The molecule has 0 radical (unpaired) electrons. The van der Waals surface area contributed by atoms with Crippen molar-refractivity contribution in [1.29, 1.82) is 0 Å². The van der Waals surface area contributed by atoms with Gasteiger partial charge < -0.3 is 14.7 Å². The van der Waals surface area contributed by atoms with Gasteiger partial charge in [-0.25, -0.2) is 4.79 Å². The van der Waals surface area contributed by atoms with Gasteiger partial charge in [-0.1, -0.05) is 74.5 Å². The highest BCUT2D eigenvalue weighted by atomic mass is 16.6. The van der Waals surface area contributed by atoms with Gasteiger partial charge in [0.1, 0.15) is 5.60 Å². The topological polar surface area (TPSA) is 49.8 Å². The Kier molecular flexibility index (Phi) is 10.3. The molecule has 1 amide bonds. The molecule has 0 heterocycles. The fourth-order valence-electron chi connectivity index (χ4n) is 2.68. The second kappa shape index (κ2) is 12.2. The van der Waals surface area contributed by atoms with Gasteiger partial charge in [0.05, 0.1) is 6.10 Å². The first kappa shape index (κ1) is 23.7. The third-order valence-electron chi connectivity index (χ3n) is 3.96. The van der Waals surface area contributed by atoms with E-state index in [2.05, 4.69) is 0 Å². The van der Waals surface area contributed by atoms with Crippen molar-refractivity contribution in [2.75, 3.05) is 6.54 Å². The van der Waals surface area contributed by atoms with Crippen LogP contribution in [0.5, 0.6) is 0 Å². The van der Waals surface area contributed by atoms with Crippen molar-refractivity contribution in [2.24, 2.45) is 0 Å². The molecule has 0 aromatic heterocycles. The zero-order valence-corrected chi connectivity index (χ0v) is 17.9. The molecule has 0 saturated heterocycles. The van der Waals surface area contributed by atoms with E-state index in [1.54, 1.807) is 4.90 Å². The lowest BCUT2D eigenvalue weighted by Gasteiger charge is -2.28. The highest BCUT2D eigenvalue weighted by molar-refractivity contribution is 5.68. The summed E-state index contributed by atoms with van der Waals surface area (Å²) in [7, 11) is 0. The minimum Gasteiger partial charge on any atom is -0.444 e. The van der Waals surface area contributed by atoms with E-state index in [1.807, 2.05) is 95.3 Å². The number of aliphatic hydroxyl groups is 1. The van der Waals surface area contributed by atoms with Crippen LogP contribution in [0.4, 0.5) is 4.79 Å². The molecule has 0 aliphatic heterocycles. The van der Waals surface area contributed by atoms with Crippen molar-refractivity contribution in [3.8, 4) is 0 Å². The van der Waals surface area contributed by atoms with Gasteiger partial charge in [-0.15, -0.1) is 0 Å². The predicted octanol–water partition coefficient (Wildman–Crippen LogP) is 5.96. The van der Waals surface area contributed by atoms with E-state index in [9.17, 15) is 9.90 Å². The number of aliphatic hydroxyl groups excluding tert-OH is 1. The number of rotatable bonds is 7. The van der Waals surface area contributed by atoms with Crippen molar-refractivity contribution < 1.29 is 14.6 Å². The number of ether oxygens (including phenoxy) is 1. The largest absolute Gasteiger partial charge is 0.444 e. The summed E-state index contributed by atoms with van der Waals surface area (Å²) < 4.78 is 5.54. The fourth-order valence-corrected chi connectivity index (χ4v) is 2.68. The summed E-state index contributed by atoms with van der Waals surface area (Å²) in [6.07, 6.45) is 0.448. The van der Waals surface area contributed by atoms with Gasteiger partial charge in [-0.05, 0) is 44.7 Å². The third kappa shape index (κ3) is 9.05. The average molecular weight is 386 g/mol. The molecule has 1 unspecified atom stereocenters. The van der Waals surface area contributed by atoms with Gasteiger partial charge in [0.2, 0.25) is 0 Å². The molecule has 1 atom stereocenters. The molecule has 2 rings (SSSR count). The molecule has 1 N–H and O–H groups in total. The summed E-state index contributed by atoms with van der Waals surface area (Å²) in [6, 6.07) is 19.5. The lowest BCUT2D eigenvalue weighted by Crippen LogP contribution is -2.37. The normalized spacial score (nSPS) is 11.8. The van der Waals surface area contributed by atoms with Crippen LogP contribution in [0.2, 0.25) is 0 Å². The van der Waals surface area contributed by atoms with Gasteiger partial charge in [0.15, 0.2) is 0 Å². The molecule has 0 aliphatic rings. The monoisotopic (exact) mass is 385 g/mol. The number of hydrogen-bond donors (Lipinski definition) is 1. The van der Waals surface area contributed by atoms with Crippen LogP contribution in [0.1, 0.15) is 64.7 Å². The summed E-state index contributed by atoms with van der Waals surface area (Å²) in [4.78, 5) is 14.3. The summed E-state index contributed by atoms with van der Waals surface area (Å²) in [5.41, 5.74) is 1.43. The second-order valence-electron chi connectivity index (χ2n) is 7.46. The molecule has 0 aliphatic carbocycles. The maximum absolute atomic E-state index is 12.6. The minimum atomic E-state index is -0.532. The standard InChI is InChI=1S/C22H29NO3.C2H6/c1-22(2,3)26-21(25)23(17-18-11-6-4-7-12-18)16-10-15-20(24)19-13-8-5-9-14-19;1-2/h4-9,11-14,20,24H,10,15-17H2,1-3H3;1-2H3. The Morgan fingerprint density at radius 2 is 1.54 bits per heavy atom. The van der Waals surface area contributed by atoms with Gasteiger partial charge in [-0.3, -0.25) is 0 Å². The highest BCUT2D eigenvalue weighted by Crippen LogP contribution is 2.19. The summed E-state index contributed by atoms with van der Waals surface area (Å²) in [5.74, 6) is 0. The fraction of sp³-hybridized carbons (Fsp3) is 0.458.